The molecule has 0 radical (unpaired) electrons. The highest BCUT2D eigenvalue weighted by Crippen LogP contribution is 2.35. The summed E-state index contributed by atoms with van der Waals surface area (Å²) in [6.07, 6.45) is 0.798. The number of morpholine rings is 1. The summed E-state index contributed by atoms with van der Waals surface area (Å²) in [5.41, 5.74) is 5.69. The third kappa shape index (κ3) is 4.04. The molecular weight excluding hydrogens is 418 g/mol. The van der Waals surface area contributed by atoms with Crippen LogP contribution >= 0.6 is 0 Å². The Hall–Kier alpha value is -3.45. The molecule has 1 aromatic heterocycles. The second-order valence-electron chi connectivity index (χ2n) is 8.49. The Bertz CT molecular complexity index is 1230. The molecule has 2 amide bonds. The van der Waals surface area contributed by atoms with Gasteiger partial charge in [0, 0.05) is 55.7 Å². The maximum Gasteiger partial charge on any atom is 0.254 e. The van der Waals surface area contributed by atoms with Crippen molar-refractivity contribution in [3.63, 3.8) is 0 Å². The Morgan fingerprint density at radius 2 is 1.79 bits per heavy atom. The highest BCUT2D eigenvalue weighted by Gasteiger charge is 2.25. The molecular formula is C26H27N3O4. The molecule has 1 saturated heterocycles. The van der Waals surface area contributed by atoms with Gasteiger partial charge < -0.3 is 19.3 Å². The Morgan fingerprint density at radius 1 is 0.970 bits per heavy atom. The van der Waals surface area contributed by atoms with Crippen LogP contribution in [-0.4, -0.2) is 66.6 Å². The van der Waals surface area contributed by atoms with Crippen LogP contribution in [0.4, 0.5) is 0 Å². The molecule has 3 heterocycles. The number of carbonyl (C=O) groups excluding carboxylic acids is 2. The molecule has 7 nitrogen and oxygen atoms in total. The molecule has 0 spiro atoms. The Morgan fingerprint density at radius 3 is 2.55 bits per heavy atom. The van der Waals surface area contributed by atoms with Gasteiger partial charge in [0.05, 0.1) is 25.8 Å². The van der Waals surface area contributed by atoms with Gasteiger partial charge in [-0.1, -0.05) is 18.2 Å². The minimum absolute atomic E-state index is 0.00601. The number of nitrogens with zero attached hydrogens (tertiary/aromatic N) is 3. The Kier molecular flexibility index (Phi) is 5.72. The van der Waals surface area contributed by atoms with Crippen molar-refractivity contribution in [2.24, 2.45) is 0 Å². The molecule has 1 fully saturated rings. The molecule has 33 heavy (non-hydrogen) atoms. The van der Waals surface area contributed by atoms with Crippen LogP contribution in [0.1, 0.15) is 28.4 Å². The lowest BCUT2D eigenvalue weighted by atomic mass is 9.90. The second kappa shape index (κ2) is 8.83. The predicted molar refractivity (Wildman–Crippen MR) is 125 cm³/mol. The zero-order valence-corrected chi connectivity index (χ0v) is 19.0. The number of ether oxygens (including phenoxy) is 2. The number of aromatic nitrogens is 1. The van der Waals surface area contributed by atoms with Crippen molar-refractivity contribution in [1.82, 2.24) is 14.8 Å². The van der Waals surface area contributed by atoms with E-state index in [-0.39, 0.29) is 11.8 Å². The first-order chi connectivity index (χ1) is 16.0. The predicted octanol–water partition coefficient (Wildman–Crippen LogP) is 3.29. The van der Waals surface area contributed by atoms with Crippen LogP contribution in [0, 0.1) is 0 Å². The molecule has 2 aliphatic rings. The van der Waals surface area contributed by atoms with Gasteiger partial charge in [-0.05, 0) is 41.3 Å². The van der Waals surface area contributed by atoms with Crippen LogP contribution in [0.2, 0.25) is 0 Å². The number of amides is 2. The number of carbonyl (C=O) groups is 2. The van der Waals surface area contributed by atoms with Crippen molar-refractivity contribution >= 4 is 22.7 Å². The fraction of sp³-hybridized carbons (Fsp3) is 0.346. The van der Waals surface area contributed by atoms with Gasteiger partial charge in [-0.15, -0.1) is 0 Å². The molecule has 0 unspecified atom stereocenters. The number of fused-ring (bicyclic) bond motifs is 2. The summed E-state index contributed by atoms with van der Waals surface area (Å²) in [6.45, 7) is 5.22. The molecule has 2 aliphatic heterocycles. The van der Waals surface area contributed by atoms with Crippen LogP contribution in [-0.2, 0) is 22.5 Å². The van der Waals surface area contributed by atoms with Gasteiger partial charge in [0.15, 0.2) is 0 Å². The average Bonchev–Trinajstić information content (AvgIpc) is 2.87. The topological polar surface area (TPSA) is 72.0 Å². The maximum absolute atomic E-state index is 13.5. The Labute approximate surface area is 192 Å². The molecule has 170 valence electrons. The first kappa shape index (κ1) is 21.4. The average molecular weight is 446 g/mol. The molecule has 0 bridgehead atoms. The summed E-state index contributed by atoms with van der Waals surface area (Å²) >= 11 is 0. The largest absolute Gasteiger partial charge is 0.481 e. The quantitative estimate of drug-likeness (QED) is 0.619. The molecule has 0 atom stereocenters. The van der Waals surface area contributed by atoms with E-state index in [1.54, 1.807) is 14.0 Å². The number of benzene rings is 2. The van der Waals surface area contributed by atoms with Gasteiger partial charge >= 0.3 is 0 Å². The van der Waals surface area contributed by atoms with E-state index in [4.69, 9.17) is 9.47 Å². The minimum atomic E-state index is 0.00601. The van der Waals surface area contributed by atoms with Crippen molar-refractivity contribution in [1.29, 1.82) is 0 Å². The standard InChI is InChI=1S/C26H27N3O4/c1-17(30)29-10-9-18-15-19(3-4-20(18)16-29)25-21-6-8-24(32-2)27-23(21)7-5-22(25)26(31)28-11-13-33-14-12-28/h3-8,15H,9-14,16H2,1-2H3. The lowest BCUT2D eigenvalue weighted by Gasteiger charge is -2.29. The zero-order valence-electron chi connectivity index (χ0n) is 19.0. The number of hydrogen-bond acceptors (Lipinski definition) is 5. The lowest BCUT2D eigenvalue weighted by molar-refractivity contribution is -0.129. The summed E-state index contributed by atoms with van der Waals surface area (Å²) in [7, 11) is 1.60. The van der Waals surface area contributed by atoms with Gasteiger partial charge in [-0.2, -0.15) is 0 Å². The van der Waals surface area contributed by atoms with E-state index < -0.39 is 0 Å². The monoisotopic (exact) mass is 445 g/mol. The van der Waals surface area contributed by atoms with Crippen molar-refractivity contribution in [2.45, 2.75) is 19.9 Å². The summed E-state index contributed by atoms with van der Waals surface area (Å²) < 4.78 is 10.8. The zero-order chi connectivity index (χ0) is 22.9. The van der Waals surface area contributed by atoms with Crippen LogP contribution < -0.4 is 4.74 Å². The molecule has 5 rings (SSSR count). The molecule has 7 heteroatoms. The van der Waals surface area contributed by atoms with Crippen LogP contribution in [0.15, 0.2) is 42.5 Å². The van der Waals surface area contributed by atoms with Crippen molar-refractivity contribution in [2.75, 3.05) is 40.0 Å². The fourth-order valence-corrected chi connectivity index (χ4v) is 4.70. The summed E-state index contributed by atoms with van der Waals surface area (Å²) in [5, 5.41) is 0.913. The molecule has 0 N–H and O–H groups in total. The van der Waals surface area contributed by atoms with Crippen molar-refractivity contribution < 1.29 is 19.1 Å². The molecule has 0 saturated carbocycles. The summed E-state index contributed by atoms with van der Waals surface area (Å²) in [5.74, 6) is 0.638. The number of rotatable bonds is 3. The van der Waals surface area contributed by atoms with E-state index in [1.165, 1.54) is 5.56 Å². The van der Waals surface area contributed by atoms with Gasteiger partial charge in [0.25, 0.3) is 5.91 Å². The molecule has 2 aromatic carbocycles. The third-order valence-electron chi connectivity index (χ3n) is 6.54. The van der Waals surface area contributed by atoms with E-state index >= 15 is 0 Å². The summed E-state index contributed by atoms with van der Waals surface area (Å²) in [4.78, 5) is 33.7. The van der Waals surface area contributed by atoms with Gasteiger partial charge in [0.2, 0.25) is 11.8 Å². The van der Waals surface area contributed by atoms with Gasteiger partial charge in [0.1, 0.15) is 0 Å². The summed E-state index contributed by atoms with van der Waals surface area (Å²) in [6, 6.07) is 13.9. The maximum atomic E-state index is 13.5. The van der Waals surface area contributed by atoms with E-state index in [2.05, 4.69) is 23.2 Å². The smallest absolute Gasteiger partial charge is 0.254 e. The molecule has 3 aromatic rings. The first-order valence-electron chi connectivity index (χ1n) is 11.3. The highest BCUT2D eigenvalue weighted by molar-refractivity contribution is 6.09. The molecule has 0 aliphatic carbocycles. The lowest BCUT2D eigenvalue weighted by Crippen LogP contribution is -2.40. The van der Waals surface area contributed by atoms with Crippen LogP contribution in [0.3, 0.4) is 0 Å². The van der Waals surface area contributed by atoms with Crippen molar-refractivity contribution in [3.8, 4) is 17.0 Å². The fourth-order valence-electron chi connectivity index (χ4n) is 4.70. The number of pyridine rings is 1. The van der Waals surface area contributed by atoms with Gasteiger partial charge in [-0.25, -0.2) is 4.98 Å². The van der Waals surface area contributed by atoms with E-state index in [1.807, 2.05) is 34.1 Å². The second-order valence-corrected chi connectivity index (χ2v) is 8.49. The Balaban J connectivity index is 1.63. The van der Waals surface area contributed by atoms with E-state index in [0.29, 0.717) is 50.8 Å². The number of methoxy groups -OCH3 is 1. The van der Waals surface area contributed by atoms with E-state index in [9.17, 15) is 9.59 Å². The first-order valence-corrected chi connectivity index (χ1v) is 11.3. The normalized spacial score (nSPS) is 15.9. The third-order valence-corrected chi connectivity index (χ3v) is 6.54. The van der Waals surface area contributed by atoms with Gasteiger partial charge in [-0.3, -0.25) is 9.59 Å². The minimum Gasteiger partial charge on any atom is -0.481 e. The van der Waals surface area contributed by atoms with Crippen LogP contribution in [0.25, 0.3) is 22.0 Å². The highest BCUT2D eigenvalue weighted by atomic mass is 16.5. The van der Waals surface area contributed by atoms with E-state index in [0.717, 1.165) is 34.0 Å². The SMILES string of the molecule is COc1ccc2c(-c3ccc4c(c3)CCN(C(C)=O)C4)c(C(=O)N3CCOCC3)ccc2n1. The van der Waals surface area contributed by atoms with Crippen LogP contribution in [0.5, 0.6) is 5.88 Å². The number of hydrogen-bond donors (Lipinski definition) is 0. The van der Waals surface area contributed by atoms with Crippen molar-refractivity contribution in [3.05, 3.63) is 59.2 Å².